The number of fused-ring (bicyclic) bond motifs is 1. The Balaban J connectivity index is 2.21. The fourth-order valence-electron chi connectivity index (χ4n) is 1.77. The predicted octanol–water partition coefficient (Wildman–Crippen LogP) is 0.595. The normalized spacial score (nSPS) is 14.2. The minimum atomic E-state index is 0.130. The van der Waals surface area contributed by atoms with Crippen molar-refractivity contribution in [1.29, 1.82) is 0 Å². The van der Waals surface area contributed by atoms with Crippen LogP contribution in [-0.4, -0.2) is 26.0 Å². The van der Waals surface area contributed by atoms with Crippen LogP contribution in [0.15, 0.2) is 18.2 Å². The molecule has 0 spiro atoms. The molecule has 0 aliphatic carbocycles. The molecular weight excluding hydrogens is 176 g/mol. The molecule has 0 fully saturated rings. The molecule has 1 amide bonds. The van der Waals surface area contributed by atoms with Crippen LogP contribution in [0.5, 0.6) is 0 Å². The molecule has 2 rings (SSSR count). The topological polar surface area (TPSA) is 32.3 Å². The van der Waals surface area contributed by atoms with Gasteiger partial charge in [-0.2, -0.15) is 0 Å². The van der Waals surface area contributed by atoms with E-state index in [-0.39, 0.29) is 5.91 Å². The van der Waals surface area contributed by atoms with Gasteiger partial charge in [0, 0.05) is 12.2 Å². The van der Waals surface area contributed by atoms with E-state index in [1.807, 2.05) is 23.1 Å². The maximum Gasteiger partial charge on any atom is 0.240 e. The largest absolute Gasteiger partial charge is 0.311 e. The summed E-state index contributed by atoms with van der Waals surface area (Å²) in [6, 6.07) is 8.81. The van der Waals surface area contributed by atoms with Crippen LogP contribution in [0.1, 0.15) is 5.56 Å². The number of nitrogens with one attached hydrogen (secondary N) is 1. The van der Waals surface area contributed by atoms with Crippen LogP contribution in [0.4, 0.5) is 5.69 Å². The molecule has 1 aromatic rings. The zero-order valence-electron chi connectivity index (χ0n) is 8.21. The summed E-state index contributed by atoms with van der Waals surface area (Å²) in [6.07, 6.45) is 0.958. The summed E-state index contributed by atoms with van der Waals surface area (Å²) in [7, 11) is 1.78. The smallest absolute Gasteiger partial charge is 0.240 e. The molecule has 14 heavy (non-hydrogen) atoms. The lowest BCUT2D eigenvalue weighted by molar-refractivity contribution is -0.117. The Labute approximate surface area is 83.7 Å². The highest BCUT2D eigenvalue weighted by molar-refractivity contribution is 5.96. The SMILES string of the molecule is CNCC(=O)N1CCc2cc[c]cc21. The van der Waals surface area contributed by atoms with E-state index in [1.54, 1.807) is 7.05 Å². The van der Waals surface area contributed by atoms with Crippen molar-refractivity contribution in [2.24, 2.45) is 0 Å². The number of hydrogen-bond acceptors (Lipinski definition) is 2. The van der Waals surface area contributed by atoms with E-state index in [2.05, 4.69) is 11.4 Å². The average Bonchev–Trinajstić information content (AvgIpc) is 2.61. The van der Waals surface area contributed by atoms with Gasteiger partial charge in [-0.15, -0.1) is 0 Å². The molecule has 3 heteroatoms. The highest BCUT2D eigenvalue weighted by Gasteiger charge is 2.22. The summed E-state index contributed by atoms with van der Waals surface area (Å²) in [5, 5.41) is 2.87. The van der Waals surface area contributed by atoms with Gasteiger partial charge in [0.15, 0.2) is 0 Å². The molecule has 1 heterocycles. The van der Waals surface area contributed by atoms with E-state index in [1.165, 1.54) is 5.56 Å². The van der Waals surface area contributed by atoms with Crippen LogP contribution in [0.3, 0.4) is 0 Å². The molecule has 73 valence electrons. The van der Waals surface area contributed by atoms with Gasteiger partial charge in [-0.1, -0.05) is 12.1 Å². The van der Waals surface area contributed by atoms with Gasteiger partial charge in [-0.05, 0) is 31.2 Å². The summed E-state index contributed by atoms with van der Waals surface area (Å²) in [5.74, 6) is 0.130. The summed E-state index contributed by atoms with van der Waals surface area (Å²) >= 11 is 0. The molecule has 1 aliphatic rings. The number of benzene rings is 1. The Bertz CT molecular complexity index is 349. The Morgan fingerprint density at radius 2 is 2.57 bits per heavy atom. The third kappa shape index (κ3) is 1.51. The van der Waals surface area contributed by atoms with Crippen LogP contribution < -0.4 is 10.2 Å². The van der Waals surface area contributed by atoms with Gasteiger partial charge in [0.05, 0.1) is 6.54 Å². The van der Waals surface area contributed by atoms with Crippen molar-refractivity contribution in [3.63, 3.8) is 0 Å². The van der Waals surface area contributed by atoms with Crippen LogP contribution in [-0.2, 0) is 11.2 Å². The van der Waals surface area contributed by atoms with Crippen molar-refractivity contribution < 1.29 is 4.79 Å². The van der Waals surface area contributed by atoms with Gasteiger partial charge in [0.2, 0.25) is 5.91 Å². The lowest BCUT2D eigenvalue weighted by Crippen LogP contribution is -2.35. The number of nitrogens with zero attached hydrogens (tertiary/aromatic N) is 1. The Morgan fingerprint density at radius 1 is 1.71 bits per heavy atom. The molecule has 0 aromatic heterocycles. The second-order valence-corrected chi connectivity index (χ2v) is 3.38. The fraction of sp³-hybridized carbons (Fsp3) is 0.364. The quantitative estimate of drug-likeness (QED) is 0.738. The number of carbonyl (C=O) groups excluding carboxylic acids is 1. The summed E-state index contributed by atoms with van der Waals surface area (Å²) in [4.78, 5) is 13.5. The van der Waals surface area contributed by atoms with Gasteiger partial charge < -0.3 is 10.2 Å². The maximum atomic E-state index is 11.7. The summed E-state index contributed by atoms with van der Waals surface area (Å²) in [6.45, 7) is 1.20. The van der Waals surface area contributed by atoms with Crippen molar-refractivity contribution in [2.75, 3.05) is 25.0 Å². The minimum absolute atomic E-state index is 0.130. The van der Waals surface area contributed by atoms with Gasteiger partial charge in [0.25, 0.3) is 0 Å². The first-order valence-electron chi connectivity index (χ1n) is 4.77. The van der Waals surface area contributed by atoms with E-state index in [0.717, 1.165) is 18.7 Å². The average molecular weight is 189 g/mol. The molecule has 0 saturated carbocycles. The number of hydrogen-bond donors (Lipinski definition) is 1. The Hall–Kier alpha value is -1.35. The zero-order chi connectivity index (χ0) is 9.97. The molecule has 1 radical (unpaired) electrons. The molecule has 0 unspecified atom stereocenters. The third-order valence-electron chi connectivity index (χ3n) is 2.45. The second kappa shape index (κ2) is 3.80. The highest BCUT2D eigenvalue weighted by atomic mass is 16.2. The molecule has 1 aromatic carbocycles. The predicted molar refractivity (Wildman–Crippen MR) is 55.3 cm³/mol. The first-order valence-corrected chi connectivity index (χ1v) is 4.77. The van der Waals surface area contributed by atoms with Crippen LogP contribution in [0.2, 0.25) is 0 Å². The van der Waals surface area contributed by atoms with Crippen LogP contribution in [0, 0.1) is 6.07 Å². The van der Waals surface area contributed by atoms with Gasteiger partial charge in [-0.25, -0.2) is 0 Å². The molecular formula is C11H13N2O. The van der Waals surface area contributed by atoms with Crippen LogP contribution in [0.25, 0.3) is 0 Å². The van der Waals surface area contributed by atoms with E-state index >= 15 is 0 Å². The maximum absolute atomic E-state index is 11.7. The van der Waals surface area contributed by atoms with Crippen molar-refractivity contribution in [3.05, 3.63) is 29.8 Å². The molecule has 1 N–H and O–H groups in total. The minimum Gasteiger partial charge on any atom is -0.311 e. The molecule has 0 saturated heterocycles. The number of likely N-dealkylation sites (N-methyl/N-ethyl adjacent to an activating group) is 1. The van der Waals surface area contributed by atoms with E-state index in [0.29, 0.717) is 6.54 Å². The Morgan fingerprint density at radius 3 is 3.36 bits per heavy atom. The number of carbonyl (C=O) groups is 1. The Kier molecular flexibility index (Phi) is 2.50. The first kappa shape index (κ1) is 9.21. The van der Waals surface area contributed by atoms with Gasteiger partial charge in [-0.3, -0.25) is 4.79 Å². The summed E-state index contributed by atoms with van der Waals surface area (Å²) < 4.78 is 0. The van der Waals surface area contributed by atoms with Crippen molar-refractivity contribution in [2.45, 2.75) is 6.42 Å². The molecule has 0 atom stereocenters. The number of anilines is 1. The number of amides is 1. The van der Waals surface area contributed by atoms with E-state index in [9.17, 15) is 4.79 Å². The molecule has 3 nitrogen and oxygen atoms in total. The van der Waals surface area contributed by atoms with Crippen molar-refractivity contribution in [1.82, 2.24) is 5.32 Å². The van der Waals surface area contributed by atoms with Crippen molar-refractivity contribution in [3.8, 4) is 0 Å². The van der Waals surface area contributed by atoms with Crippen molar-refractivity contribution >= 4 is 11.6 Å². The monoisotopic (exact) mass is 189 g/mol. The molecule has 0 bridgehead atoms. The zero-order valence-corrected chi connectivity index (χ0v) is 8.21. The summed E-state index contributed by atoms with van der Waals surface area (Å²) in [5.41, 5.74) is 2.26. The van der Waals surface area contributed by atoms with Gasteiger partial charge in [0.1, 0.15) is 0 Å². The van der Waals surface area contributed by atoms with Crippen LogP contribution >= 0.6 is 0 Å². The van der Waals surface area contributed by atoms with E-state index in [4.69, 9.17) is 0 Å². The second-order valence-electron chi connectivity index (χ2n) is 3.38. The fourth-order valence-corrected chi connectivity index (χ4v) is 1.77. The highest BCUT2D eigenvalue weighted by Crippen LogP contribution is 2.26. The number of rotatable bonds is 2. The van der Waals surface area contributed by atoms with Gasteiger partial charge >= 0.3 is 0 Å². The molecule has 1 aliphatic heterocycles. The lowest BCUT2D eigenvalue weighted by atomic mass is 10.2. The first-order chi connectivity index (χ1) is 6.83. The standard InChI is InChI=1S/C11H13N2O/c1-12-8-11(14)13-7-6-9-4-2-3-5-10(9)13/h2,4-5,12H,6-8H2,1H3. The third-order valence-corrected chi connectivity index (χ3v) is 2.45. The lowest BCUT2D eigenvalue weighted by Gasteiger charge is -2.16. The van der Waals surface area contributed by atoms with E-state index < -0.39 is 0 Å².